The molecule has 1 aromatic carbocycles. The average Bonchev–Trinajstić information content (AvgIpc) is 2.74. The normalized spacial score (nSPS) is 10.3. The van der Waals surface area contributed by atoms with Crippen molar-refractivity contribution in [2.45, 2.75) is 13.2 Å². The molecule has 1 aromatic heterocycles. The van der Waals surface area contributed by atoms with Crippen LogP contribution in [0.2, 0.25) is 0 Å². The highest BCUT2D eigenvalue weighted by Crippen LogP contribution is 2.16. The highest BCUT2D eigenvalue weighted by atomic mass is 79.9. The number of esters is 1. The van der Waals surface area contributed by atoms with Crippen LogP contribution in [0.5, 0.6) is 0 Å². The van der Waals surface area contributed by atoms with E-state index in [1.54, 1.807) is 12.3 Å². The van der Waals surface area contributed by atoms with Gasteiger partial charge in [0.15, 0.2) is 0 Å². The quantitative estimate of drug-likeness (QED) is 0.877. The first-order valence-electron chi connectivity index (χ1n) is 5.33. The summed E-state index contributed by atoms with van der Waals surface area (Å²) in [5.41, 5.74) is 6.37. The molecule has 0 aliphatic heterocycles. The molecule has 0 aliphatic carbocycles. The highest BCUT2D eigenvalue weighted by molar-refractivity contribution is 9.10. The maximum atomic E-state index is 11.6. The van der Waals surface area contributed by atoms with Gasteiger partial charge in [-0.25, -0.2) is 0 Å². The lowest BCUT2D eigenvalue weighted by Crippen LogP contribution is -2.14. The van der Waals surface area contributed by atoms with E-state index in [1.807, 2.05) is 24.3 Å². The van der Waals surface area contributed by atoms with Crippen LogP contribution in [0.15, 0.2) is 41.0 Å². The van der Waals surface area contributed by atoms with Crippen LogP contribution < -0.4 is 5.73 Å². The number of halogens is 1. The molecule has 0 radical (unpaired) electrons. The van der Waals surface area contributed by atoms with Crippen molar-refractivity contribution >= 4 is 27.7 Å². The van der Waals surface area contributed by atoms with Crippen LogP contribution in [0, 0.1) is 0 Å². The molecule has 2 N–H and O–H groups in total. The van der Waals surface area contributed by atoms with Gasteiger partial charge in [0.1, 0.15) is 19.0 Å². The summed E-state index contributed by atoms with van der Waals surface area (Å²) in [6, 6.07) is 9.21. The van der Waals surface area contributed by atoms with E-state index < -0.39 is 0 Å². The van der Waals surface area contributed by atoms with Crippen molar-refractivity contribution < 1.29 is 9.53 Å². The van der Waals surface area contributed by atoms with Crippen LogP contribution in [0.1, 0.15) is 5.56 Å². The molecule has 0 unspecified atom stereocenters. The number of carbonyl (C=O) groups excluding carboxylic acids is 1. The van der Waals surface area contributed by atoms with Gasteiger partial charge in [0.05, 0.1) is 0 Å². The Morgan fingerprint density at radius 3 is 2.83 bits per heavy atom. The van der Waals surface area contributed by atoms with Gasteiger partial charge in [-0.1, -0.05) is 34.1 Å². The fourth-order valence-electron chi connectivity index (χ4n) is 1.42. The fourth-order valence-corrected chi connectivity index (χ4v) is 1.82. The number of benzene rings is 1. The first-order chi connectivity index (χ1) is 8.65. The Kier molecular flexibility index (Phi) is 3.99. The van der Waals surface area contributed by atoms with E-state index in [4.69, 9.17) is 10.5 Å². The van der Waals surface area contributed by atoms with Crippen molar-refractivity contribution in [3.8, 4) is 0 Å². The van der Waals surface area contributed by atoms with Crippen LogP contribution in [-0.2, 0) is 22.7 Å². The number of ether oxygens (including phenoxy) is 1. The largest absolute Gasteiger partial charge is 0.459 e. The molecule has 18 heavy (non-hydrogen) atoms. The van der Waals surface area contributed by atoms with Crippen molar-refractivity contribution in [3.63, 3.8) is 0 Å². The van der Waals surface area contributed by atoms with Crippen molar-refractivity contribution in [3.05, 3.63) is 46.6 Å². The van der Waals surface area contributed by atoms with Gasteiger partial charge in [0.25, 0.3) is 0 Å². The Hall–Kier alpha value is -1.82. The van der Waals surface area contributed by atoms with E-state index in [1.165, 1.54) is 4.68 Å². The lowest BCUT2D eigenvalue weighted by molar-refractivity contribution is -0.145. The van der Waals surface area contributed by atoms with E-state index in [9.17, 15) is 4.79 Å². The van der Waals surface area contributed by atoms with Crippen LogP contribution >= 0.6 is 15.9 Å². The van der Waals surface area contributed by atoms with Gasteiger partial charge in [-0.15, -0.1) is 0 Å². The zero-order chi connectivity index (χ0) is 13.0. The molecule has 1 heterocycles. The van der Waals surface area contributed by atoms with Gasteiger partial charge >= 0.3 is 5.97 Å². The molecule has 94 valence electrons. The van der Waals surface area contributed by atoms with Gasteiger partial charge in [-0.2, -0.15) is 5.10 Å². The summed E-state index contributed by atoms with van der Waals surface area (Å²) in [6.45, 7) is 0.290. The maximum absolute atomic E-state index is 11.6. The first kappa shape index (κ1) is 12.6. The smallest absolute Gasteiger partial charge is 0.328 e. The minimum Gasteiger partial charge on any atom is -0.459 e. The zero-order valence-corrected chi connectivity index (χ0v) is 11.1. The maximum Gasteiger partial charge on any atom is 0.328 e. The predicted molar refractivity (Wildman–Crippen MR) is 70.6 cm³/mol. The zero-order valence-electron chi connectivity index (χ0n) is 9.54. The molecule has 2 aromatic rings. The summed E-state index contributed by atoms with van der Waals surface area (Å²) >= 11 is 3.39. The van der Waals surface area contributed by atoms with E-state index in [0.717, 1.165) is 10.0 Å². The Labute approximate surface area is 113 Å². The van der Waals surface area contributed by atoms with E-state index in [0.29, 0.717) is 5.82 Å². The molecule has 0 fully saturated rings. The van der Waals surface area contributed by atoms with Crippen LogP contribution in [0.3, 0.4) is 0 Å². The number of aromatic nitrogens is 2. The second-order valence-corrected chi connectivity index (χ2v) is 4.54. The highest BCUT2D eigenvalue weighted by Gasteiger charge is 2.07. The van der Waals surface area contributed by atoms with Gasteiger partial charge in [-0.3, -0.25) is 9.48 Å². The van der Waals surface area contributed by atoms with E-state index >= 15 is 0 Å². The minimum absolute atomic E-state index is 0.0572. The second-order valence-electron chi connectivity index (χ2n) is 3.69. The van der Waals surface area contributed by atoms with Gasteiger partial charge in [-0.05, 0) is 12.1 Å². The van der Waals surface area contributed by atoms with Gasteiger partial charge in [0.2, 0.25) is 0 Å². The van der Waals surface area contributed by atoms with Crippen molar-refractivity contribution in [2.75, 3.05) is 5.73 Å². The number of nitrogens with zero attached hydrogens (tertiary/aromatic N) is 2. The number of carbonyl (C=O) groups is 1. The number of anilines is 1. The average molecular weight is 310 g/mol. The lowest BCUT2D eigenvalue weighted by Gasteiger charge is -2.06. The van der Waals surface area contributed by atoms with E-state index in [-0.39, 0.29) is 19.1 Å². The standard InChI is InChI=1S/C12H12BrN3O2/c13-10-4-2-1-3-9(10)8-18-12(17)7-16-6-5-11(14)15-16/h1-6H,7-8H2,(H2,14,15). The number of nitrogens with two attached hydrogens (primary N) is 1. The molecule has 0 saturated heterocycles. The summed E-state index contributed by atoms with van der Waals surface area (Å²) < 4.78 is 7.51. The fraction of sp³-hybridized carbons (Fsp3) is 0.167. The van der Waals surface area contributed by atoms with Crippen LogP contribution in [0.25, 0.3) is 0 Å². The summed E-state index contributed by atoms with van der Waals surface area (Å²) in [6.07, 6.45) is 1.63. The molecule has 5 nitrogen and oxygen atoms in total. The molecule has 0 spiro atoms. The Balaban J connectivity index is 1.87. The van der Waals surface area contributed by atoms with Gasteiger partial charge in [0, 0.05) is 16.2 Å². The van der Waals surface area contributed by atoms with Crippen molar-refractivity contribution in [1.29, 1.82) is 0 Å². The molecular weight excluding hydrogens is 298 g/mol. The molecule has 6 heteroatoms. The minimum atomic E-state index is -0.353. The Morgan fingerprint density at radius 2 is 2.17 bits per heavy atom. The molecule has 0 atom stereocenters. The summed E-state index contributed by atoms with van der Waals surface area (Å²) in [5.74, 6) is 0.0301. The molecule has 0 saturated carbocycles. The lowest BCUT2D eigenvalue weighted by atomic mass is 10.2. The molecule has 0 amide bonds. The van der Waals surface area contributed by atoms with E-state index in [2.05, 4.69) is 21.0 Å². The number of nitrogen functional groups attached to an aromatic ring is 1. The monoisotopic (exact) mass is 309 g/mol. The van der Waals surface area contributed by atoms with Gasteiger partial charge < -0.3 is 10.5 Å². The summed E-state index contributed by atoms with van der Waals surface area (Å²) in [5, 5.41) is 3.91. The van der Waals surface area contributed by atoms with Crippen LogP contribution in [0.4, 0.5) is 5.82 Å². The predicted octanol–water partition coefficient (Wildman–Crippen LogP) is 1.97. The van der Waals surface area contributed by atoms with Crippen molar-refractivity contribution in [1.82, 2.24) is 9.78 Å². The Morgan fingerprint density at radius 1 is 1.39 bits per heavy atom. The number of hydrogen-bond donors (Lipinski definition) is 1. The third kappa shape index (κ3) is 3.33. The third-order valence-electron chi connectivity index (χ3n) is 2.30. The Bertz CT molecular complexity index is 554. The number of hydrogen-bond acceptors (Lipinski definition) is 4. The SMILES string of the molecule is Nc1ccn(CC(=O)OCc2ccccc2Br)n1. The van der Waals surface area contributed by atoms with Crippen molar-refractivity contribution in [2.24, 2.45) is 0 Å². The first-order valence-corrected chi connectivity index (χ1v) is 6.12. The summed E-state index contributed by atoms with van der Waals surface area (Å²) in [4.78, 5) is 11.6. The molecular formula is C12H12BrN3O2. The summed E-state index contributed by atoms with van der Waals surface area (Å²) in [7, 11) is 0. The molecule has 2 rings (SSSR count). The molecule has 0 bridgehead atoms. The topological polar surface area (TPSA) is 70.1 Å². The molecule has 0 aliphatic rings. The third-order valence-corrected chi connectivity index (χ3v) is 3.07. The number of rotatable bonds is 4. The second kappa shape index (κ2) is 5.68. The van der Waals surface area contributed by atoms with Crippen LogP contribution in [-0.4, -0.2) is 15.7 Å².